The second-order valence-corrected chi connectivity index (χ2v) is 7.69. The summed E-state index contributed by atoms with van der Waals surface area (Å²) in [6.07, 6.45) is 2.15. The quantitative estimate of drug-likeness (QED) is 0.834. The maximum atomic E-state index is 12.0. The SMILES string of the molecule is Cl.O=S(=O)(Cc1ccc(Cl)c(Cl)c1)NCC1CCCNC1. The standard InChI is InChI=1S/C13H18Cl2N2O2S.ClH/c14-12-4-3-10(6-13(12)15)9-20(18,19)17-8-11-2-1-5-16-7-11;/h3-4,6,11,16-17H,1-2,5,7-9H2;1H. The number of nitrogens with one attached hydrogen (secondary N) is 2. The number of sulfonamides is 1. The molecule has 1 aromatic rings. The van der Waals surface area contributed by atoms with Crippen LogP contribution in [0.5, 0.6) is 0 Å². The highest BCUT2D eigenvalue weighted by Crippen LogP contribution is 2.23. The van der Waals surface area contributed by atoms with Crippen molar-refractivity contribution in [2.75, 3.05) is 19.6 Å². The summed E-state index contributed by atoms with van der Waals surface area (Å²) in [5, 5.41) is 4.06. The highest BCUT2D eigenvalue weighted by Gasteiger charge is 2.17. The first-order valence-electron chi connectivity index (χ1n) is 6.58. The highest BCUT2D eigenvalue weighted by molar-refractivity contribution is 7.88. The van der Waals surface area contributed by atoms with E-state index in [4.69, 9.17) is 23.2 Å². The van der Waals surface area contributed by atoms with Gasteiger partial charge in [-0.05, 0) is 49.5 Å². The Bertz CT molecular complexity index is 561. The molecule has 0 radical (unpaired) electrons. The topological polar surface area (TPSA) is 58.2 Å². The van der Waals surface area contributed by atoms with Crippen LogP contribution in [0, 0.1) is 5.92 Å². The molecule has 120 valence electrons. The Kier molecular flexibility index (Phi) is 7.74. The van der Waals surface area contributed by atoms with Crippen molar-refractivity contribution in [1.82, 2.24) is 10.0 Å². The van der Waals surface area contributed by atoms with Gasteiger partial charge in [-0.15, -0.1) is 12.4 Å². The first-order valence-corrected chi connectivity index (χ1v) is 8.99. The van der Waals surface area contributed by atoms with Crippen molar-refractivity contribution in [1.29, 1.82) is 0 Å². The van der Waals surface area contributed by atoms with Crippen LogP contribution in [0.1, 0.15) is 18.4 Å². The van der Waals surface area contributed by atoms with Gasteiger partial charge in [-0.2, -0.15) is 0 Å². The molecule has 0 saturated carbocycles. The molecule has 1 unspecified atom stereocenters. The summed E-state index contributed by atoms with van der Waals surface area (Å²) in [7, 11) is -3.34. The van der Waals surface area contributed by atoms with E-state index in [2.05, 4.69) is 10.0 Å². The molecule has 1 aromatic carbocycles. The lowest BCUT2D eigenvalue weighted by molar-refractivity contribution is 0.376. The first-order chi connectivity index (χ1) is 9.46. The molecule has 0 aromatic heterocycles. The van der Waals surface area contributed by atoms with E-state index >= 15 is 0 Å². The lowest BCUT2D eigenvalue weighted by Crippen LogP contribution is -2.38. The molecule has 1 heterocycles. The van der Waals surface area contributed by atoms with Crippen LogP contribution in [-0.4, -0.2) is 28.1 Å². The van der Waals surface area contributed by atoms with E-state index < -0.39 is 10.0 Å². The third-order valence-electron chi connectivity index (χ3n) is 3.33. The lowest BCUT2D eigenvalue weighted by Gasteiger charge is -2.22. The third-order valence-corrected chi connectivity index (χ3v) is 5.39. The van der Waals surface area contributed by atoms with Crippen LogP contribution >= 0.6 is 35.6 Å². The molecule has 2 N–H and O–H groups in total. The van der Waals surface area contributed by atoms with Crippen molar-refractivity contribution in [3.05, 3.63) is 33.8 Å². The minimum Gasteiger partial charge on any atom is -0.316 e. The molecule has 21 heavy (non-hydrogen) atoms. The van der Waals surface area contributed by atoms with E-state index in [0.29, 0.717) is 28.1 Å². The summed E-state index contributed by atoms with van der Waals surface area (Å²) >= 11 is 11.7. The Morgan fingerprint density at radius 3 is 2.67 bits per heavy atom. The van der Waals surface area contributed by atoms with Crippen LogP contribution in [0.2, 0.25) is 10.0 Å². The van der Waals surface area contributed by atoms with Crippen LogP contribution in [-0.2, 0) is 15.8 Å². The molecule has 1 saturated heterocycles. The van der Waals surface area contributed by atoms with Gasteiger partial charge < -0.3 is 5.32 Å². The summed E-state index contributed by atoms with van der Waals surface area (Å²) in [5.41, 5.74) is 0.633. The molecule has 1 aliphatic heterocycles. The number of benzene rings is 1. The van der Waals surface area contributed by atoms with Crippen LogP contribution in [0.15, 0.2) is 18.2 Å². The average Bonchev–Trinajstić information content (AvgIpc) is 2.42. The molecule has 0 spiro atoms. The Labute approximate surface area is 142 Å². The van der Waals surface area contributed by atoms with Gasteiger partial charge in [-0.25, -0.2) is 13.1 Å². The Morgan fingerprint density at radius 1 is 1.29 bits per heavy atom. The largest absolute Gasteiger partial charge is 0.316 e. The van der Waals surface area contributed by atoms with Gasteiger partial charge in [0.05, 0.1) is 15.8 Å². The van der Waals surface area contributed by atoms with E-state index in [-0.39, 0.29) is 18.2 Å². The summed E-state index contributed by atoms with van der Waals surface area (Å²) in [6, 6.07) is 4.88. The van der Waals surface area contributed by atoms with E-state index in [1.54, 1.807) is 18.2 Å². The molecule has 0 bridgehead atoms. The monoisotopic (exact) mass is 372 g/mol. The fraction of sp³-hybridized carbons (Fsp3) is 0.538. The van der Waals surface area contributed by atoms with Crippen molar-refractivity contribution in [2.24, 2.45) is 5.92 Å². The van der Waals surface area contributed by atoms with Crippen LogP contribution < -0.4 is 10.0 Å². The van der Waals surface area contributed by atoms with Gasteiger partial charge in [0.2, 0.25) is 10.0 Å². The van der Waals surface area contributed by atoms with E-state index in [9.17, 15) is 8.42 Å². The number of piperidine rings is 1. The molecular weight excluding hydrogens is 355 g/mol. The second kappa shape index (κ2) is 8.56. The molecule has 1 atom stereocenters. The van der Waals surface area contributed by atoms with Gasteiger partial charge in [-0.1, -0.05) is 29.3 Å². The fourth-order valence-corrected chi connectivity index (χ4v) is 3.77. The minimum absolute atomic E-state index is 0. The molecule has 0 amide bonds. The van der Waals surface area contributed by atoms with Gasteiger partial charge in [0, 0.05) is 6.54 Å². The predicted molar refractivity (Wildman–Crippen MR) is 89.9 cm³/mol. The molecule has 0 aliphatic carbocycles. The Hall–Kier alpha value is -0.0400. The predicted octanol–water partition coefficient (Wildman–Crippen LogP) is 2.83. The third kappa shape index (κ3) is 6.30. The van der Waals surface area contributed by atoms with E-state index in [1.165, 1.54) is 0 Å². The van der Waals surface area contributed by atoms with E-state index in [1.807, 2.05) is 0 Å². The zero-order valence-corrected chi connectivity index (χ0v) is 14.6. The Balaban J connectivity index is 0.00000220. The van der Waals surface area contributed by atoms with Gasteiger partial charge in [-0.3, -0.25) is 0 Å². The summed E-state index contributed by atoms with van der Waals surface area (Å²) in [6.45, 7) is 2.37. The van der Waals surface area contributed by atoms with Crippen molar-refractivity contribution in [3.63, 3.8) is 0 Å². The first kappa shape index (κ1) is 19.0. The Morgan fingerprint density at radius 2 is 2.05 bits per heavy atom. The van der Waals surface area contributed by atoms with Crippen LogP contribution in [0.25, 0.3) is 0 Å². The molecule has 8 heteroatoms. The maximum Gasteiger partial charge on any atom is 0.215 e. The zero-order chi connectivity index (χ0) is 14.6. The number of rotatable bonds is 5. The average molecular weight is 374 g/mol. The van der Waals surface area contributed by atoms with Crippen molar-refractivity contribution >= 4 is 45.6 Å². The maximum absolute atomic E-state index is 12.0. The highest BCUT2D eigenvalue weighted by atomic mass is 35.5. The van der Waals surface area contributed by atoms with Crippen molar-refractivity contribution < 1.29 is 8.42 Å². The fourth-order valence-electron chi connectivity index (χ4n) is 2.24. The molecule has 1 aliphatic rings. The molecule has 4 nitrogen and oxygen atoms in total. The molecule has 1 fully saturated rings. The number of hydrogen-bond acceptors (Lipinski definition) is 3. The molecular formula is C13H19Cl3N2O2S. The minimum atomic E-state index is -3.34. The normalized spacial score (nSPS) is 19.0. The number of hydrogen-bond donors (Lipinski definition) is 2. The van der Waals surface area contributed by atoms with Crippen LogP contribution in [0.4, 0.5) is 0 Å². The van der Waals surface area contributed by atoms with Crippen LogP contribution in [0.3, 0.4) is 0 Å². The zero-order valence-electron chi connectivity index (χ0n) is 11.4. The second-order valence-electron chi connectivity index (χ2n) is 5.07. The van der Waals surface area contributed by atoms with Gasteiger partial charge in [0.25, 0.3) is 0 Å². The van der Waals surface area contributed by atoms with Gasteiger partial charge in [0.15, 0.2) is 0 Å². The van der Waals surface area contributed by atoms with Crippen molar-refractivity contribution in [3.8, 4) is 0 Å². The van der Waals surface area contributed by atoms with E-state index in [0.717, 1.165) is 25.9 Å². The molecule has 2 rings (SSSR count). The number of halogens is 3. The van der Waals surface area contributed by atoms with Gasteiger partial charge >= 0.3 is 0 Å². The summed E-state index contributed by atoms with van der Waals surface area (Å²) in [4.78, 5) is 0. The summed E-state index contributed by atoms with van der Waals surface area (Å²) < 4.78 is 26.7. The van der Waals surface area contributed by atoms with Crippen molar-refractivity contribution in [2.45, 2.75) is 18.6 Å². The smallest absolute Gasteiger partial charge is 0.215 e. The lowest BCUT2D eigenvalue weighted by atomic mass is 10.0. The van der Waals surface area contributed by atoms with Gasteiger partial charge in [0.1, 0.15) is 0 Å². The summed E-state index contributed by atoms with van der Waals surface area (Å²) in [5.74, 6) is 0.289.